The number of unbranched alkanes of at least 4 members (excludes halogenated alkanes) is 1. The molecule has 0 amide bonds. The molecule has 1 aromatic rings. The van der Waals surface area contributed by atoms with Crippen molar-refractivity contribution in [1.82, 2.24) is 10.6 Å². The second-order valence-corrected chi connectivity index (χ2v) is 5.43. The molecule has 0 aliphatic heterocycles. The molecule has 0 atom stereocenters. The van der Waals surface area contributed by atoms with Gasteiger partial charge in [-0.05, 0) is 37.3 Å². The normalized spacial score (nSPS) is 11.2. The van der Waals surface area contributed by atoms with Crippen LogP contribution in [0.2, 0.25) is 0 Å². The quantitative estimate of drug-likeness (QED) is 0.649. The molecule has 0 saturated heterocycles. The molecule has 0 saturated carbocycles. The van der Waals surface area contributed by atoms with Gasteiger partial charge in [-0.1, -0.05) is 19.9 Å². The summed E-state index contributed by atoms with van der Waals surface area (Å²) >= 11 is 1.87. The van der Waals surface area contributed by atoms with Gasteiger partial charge in [-0.3, -0.25) is 0 Å². The summed E-state index contributed by atoms with van der Waals surface area (Å²) < 4.78 is 0. The van der Waals surface area contributed by atoms with Gasteiger partial charge >= 0.3 is 0 Å². The van der Waals surface area contributed by atoms with E-state index in [0.29, 0.717) is 6.04 Å². The van der Waals surface area contributed by atoms with E-state index in [1.54, 1.807) is 0 Å². The van der Waals surface area contributed by atoms with Crippen molar-refractivity contribution in [3.63, 3.8) is 0 Å². The van der Waals surface area contributed by atoms with Crippen LogP contribution in [0.25, 0.3) is 0 Å². The molecule has 16 heavy (non-hydrogen) atoms. The SMILES string of the molecule is CC(C)NCCNCCCCc1cccs1. The van der Waals surface area contributed by atoms with Gasteiger partial charge in [0.2, 0.25) is 0 Å². The van der Waals surface area contributed by atoms with Crippen molar-refractivity contribution in [3.8, 4) is 0 Å². The molecular weight excluding hydrogens is 216 g/mol. The van der Waals surface area contributed by atoms with Crippen LogP contribution in [0.4, 0.5) is 0 Å². The van der Waals surface area contributed by atoms with Gasteiger partial charge in [-0.15, -0.1) is 11.3 Å². The minimum atomic E-state index is 0.598. The third-order valence-corrected chi connectivity index (χ3v) is 3.40. The number of nitrogens with one attached hydrogen (secondary N) is 2. The van der Waals surface area contributed by atoms with E-state index in [2.05, 4.69) is 42.0 Å². The molecule has 1 rings (SSSR count). The molecule has 0 spiro atoms. The number of hydrogen-bond donors (Lipinski definition) is 2. The first-order valence-corrected chi connectivity index (χ1v) is 7.13. The minimum absolute atomic E-state index is 0.598. The fourth-order valence-corrected chi connectivity index (χ4v) is 2.33. The van der Waals surface area contributed by atoms with Gasteiger partial charge in [-0.2, -0.15) is 0 Å². The Hall–Kier alpha value is -0.380. The second-order valence-electron chi connectivity index (χ2n) is 4.40. The Morgan fingerprint density at radius 1 is 1.19 bits per heavy atom. The van der Waals surface area contributed by atoms with Gasteiger partial charge in [0.1, 0.15) is 0 Å². The monoisotopic (exact) mass is 240 g/mol. The highest BCUT2D eigenvalue weighted by molar-refractivity contribution is 7.09. The summed E-state index contributed by atoms with van der Waals surface area (Å²) in [5, 5.41) is 9.02. The van der Waals surface area contributed by atoms with Crippen LogP contribution in [0, 0.1) is 0 Å². The van der Waals surface area contributed by atoms with Crippen LogP contribution in [0.3, 0.4) is 0 Å². The van der Waals surface area contributed by atoms with Crippen LogP contribution in [0.15, 0.2) is 17.5 Å². The maximum atomic E-state index is 3.46. The highest BCUT2D eigenvalue weighted by Crippen LogP contribution is 2.11. The average Bonchev–Trinajstić information content (AvgIpc) is 2.74. The fourth-order valence-electron chi connectivity index (χ4n) is 1.58. The summed E-state index contributed by atoms with van der Waals surface area (Å²) in [5.41, 5.74) is 0. The van der Waals surface area contributed by atoms with Gasteiger partial charge in [0.25, 0.3) is 0 Å². The summed E-state index contributed by atoms with van der Waals surface area (Å²) in [4.78, 5) is 1.52. The van der Waals surface area contributed by atoms with Crippen LogP contribution in [-0.4, -0.2) is 25.7 Å². The predicted octanol–water partition coefficient (Wildman–Crippen LogP) is 2.66. The molecule has 92 valence electrons. The van der Waals surface area contributed by atoms with Crippen molar-refractivity contribution in [3.05, 3.63) is 22.4 Å². The molecule has 0 fully saturated rings. The highest BCUT2D eigenvalue weighted by atomic mass is 32.1. The smallest absolute Gasteiger partial charge is 0.00790 e. The number of aryl methyl sites for hydroxylation is 1. The maximum absolute atomic E-state index is 3.46. The van der Waals surface area contributed by atoms with Crippen LogP contribution in [0.5, 0.6) is 0 Å². The van der Waals surface area contributed by atoms with Crippen molar-refractivity contribution in [1.29, 1.82) is 0 Å². The van der Waals surface area contributed by atoms with E-state index < -0.39 is 0 Å². The van der Waals surface area contributed by atoms with Crippen LogP contribution in [-0.2, 0) is 6.42 Å². The predicted molar refractivity (Wildman–Crippen MR) is 73.3 cm³/mol. The lowest BCUT2D eigenvalue weighted by Gasteiger charge is -2.08. The van der Waals surface area contributed by atoms with Crippen molar-refractivity contribution in [2.45, 2.75) is 39.2 Å². The summed E-state index contributed by atoms with van der Waals surface area (Å²) in [6, 6.07) is 4.96. The van der Waals surface area contributed by atoms with E-state index in [1.165, 1.54) is 24.1 Å². The van der Waals surface area contributed by atoms with E-state index in [-0.39, 0.29) is 0 Å². The van der Waals surface area contributed by atoms with Gasteiger partial charge in [0.05, 0.1) is 0 Å². The fraction of sp³-hybridized carbons (Fsp3) is 0.692. The van der Waals surface area contributed by atoms with Gasteiger partial charge in [-0.25, -0.2) is 0 Å². The Bertz CT molecular complexity index is 244. The van der Waals surface area contributed by atoms with E-state index in [0.717, 1.165) is 19.6 Å². The Kier molecular flexibility index (Phi) is 7.47. The zero-order chi connectivity index (χ0) is 11.6. The largest absolute Gasteiger partial charge is 0.315 e. The zero-order valence-corrected chi connectivity index (χ0v) is 11.3. The first-order chi connectivity index (χ1) is 7.79. The molecule has 0 aromatic carbocycles. The van der Waals surface area contributed by atoms with E-state index >= 15 is 0 Å². The van der Waals surface area contributed by atoms with E-state index in [4.69, 9.17) is 0 Å². The van der Waals surface area contributed by atoms with Crippen molar-refractivity contribution < 1.29 is 0 Å². The molecular formula is C13H24N2S. The van der Waals surface area contributed by atoms with Gasteiger partial charge in [0, 0.05) is 24.0 Å². The minimum Gasteiger partial charge on any atom is -0.315 e. The van der Waals surface area contributed by atoms with Crippen LogP contribution >= 0.6 is 11.3 Å². The summed E-state index contributed by atoms with van der Waals surface area (Å²) in [6.45, 7) is 7.66. The Morgan fingerprint density at radius 3 is 2.75 bits per heavy atom. The van der Waals surface area contributed by atoms with Crippen LogP contribution < -0.4 is 10.6 Å². The maximum Gasteiger partial charge on any atom is 0.00790 e. The van der Waals surface area contributed by atoms with Crippen molar-refractivity contribution >= 4 is 11.3 Å². The first kappa shape index (κ1) is 13.7. The number of rotatable bonds is 9. The van der Waals surface area contributed by atoms with E-state index in [1.807, 2.05) is 11.3 Å². The molecule has 2 N–H and O–H groups in total. The van der Waals surface area contributed by atoms with Gasteiger partial charge in [0.15, 0.2) is 0 Å². The highest BCUT2D eigenvalue weighted by Gasteiger charge is 1.94. The van der Waals surface area contributed by atoms with Crippen LogP contribution in [0.1, 0.15) is 31.6 Å². The molecule has 0 bridgehead atoms. The molecule has 3 heteroatoms. The van der Waals surface area contributed by atoms with Crippen molar-refractivity contribution in [2.24, 2.45) is 0 Å². The number of thiophene rings is 1. The summed E-state index contributed by atoms with van der Waals surface area (Å²) in [5.74, 6) is 0. The zero-order valence-electron chi connectivity index (χ0n) is 10.5. The van der Waals surface area contributed by atoms with Crippen molar-refractivity contribution in [2.75, 3.05) is 19.6 Å². The summed E-state index contributed by atoms with van der Waals surface area (Å²) in [6.07, 6.45) is 3.81. The average molecular weight is 240 g/mol. The summed E-state index contributed by atoms with van der Waals surface area (Å²) in [7, 11) is 0. The molecule has 2 nitrogen and oxygen atoms in total. The topological polar surface area (TPSA) is 24.1 Å². The molecule has 1 heterocycles. The second kappa shape index (κ2) is 8.74. The first-order valence-electron chi connectivity index (χ1n) is 6.25. The van der Waals surface area contributed by atoms with E-state index in [9.17, 15) is 0 Å². The third-order valence-electron chi connectivity index (χ3n) is 2.46. The molecule has 0 aliphatic rings. The Balaban J connectivity index is 1.82. The third kappa shape index (κ3) is 6.99. The standard InChI is InChI=1S/C13H24N2S/c1-12(2)15-10-9-14-8-4-3-6-13-7-5-11-16-13/h5,7,11-12,14-15H,3-4,6,8-10H2,1-2H3. The molecule has 0 unspecified atom stereocenters. The number of hydrogen-bond acceptors (Lipinski definition) is 3. The lowest BCUT2D eigenvalue weighted by atomic mass is 10.2. The lowest BCUT2D eigenvalue weighted by Crippen LogP contribution is -2.32. The molecule has 0 aliphatic carbocycles. The Morgan fingerprint density at radius 2 is 2.06 bits per heavy atom. The lowest BCUT2D eigenvalue weighted by molar-refractivity contribution is 0.546. The molecule has 0 radical (unpaired) electrons. The van der Waals surface area contributed by atoms with Gasteiger partial charge < -0.3 is 10.6 Å². The Labute approximate surface area is 103 Å². The molecule has 1 aromatic heterocycles.